The Balaban J connectivity index is 1.62. The maximum absolute atomic E-state index is 12.5. The van der Waals surface area contributed by atoms with Crippen molar-refractivity contribution >= 4 is 34.2 Å². The van der Waals surface area contributed by atoms with Gasteiger partial charge in [0.1, 0.15) is 11.4 Å². The topological polar surface area (TPSA) is 142 Å². The largest absolute Gasteiger partial charge is 0.483 e. The molecule has 5 N–H and O–H groups in total. The minimum Gasteiger partial charge on any atom is -0.483 e. The minimum absolute atomic E-state index is 0.0115. The lowest BCUT2D eigenvalue weighted by Crippen LogP contribution is -2.63. The van der Waals surface area contributed by atoms with Gasteiger partial charge in [0.05, 0.1) is 18.1 Å². The quantitative estimate of drug-likeness (QED) is 0.454. The monoisotopic (exact) mass is 439 g/mol. The smallest absolute Gasteiger partial charge is 0.352 e. The number of benzene rings is 2. The molecule has 2 aliphatic heterocycles. The zero-order chi connectivity index (χ0) is 23.2. The van der Waals surface area contributed by atoms with Gasteiger partial charge in [-0.3, -0.25) is 9.59 Å². The summed E-state index contributed by atoms with van der Waals surface area (Å²) >= 11 is 0. The standard InChI is InChI=1S/C23H25N3O6/c1-11-15(21(23(30)31)26-20(11)19(12(2)27)22(26)29)9-25-16-7-3-6-14-13(16)5-4-8-17(14)32-10-18(24)28/h3-8,11-12,19-20,25,27H,9-10H2,1-2H3,(H2,24,28)(H,30,31)/t11-,12+,19+,20+/m0/s1. The molecule has 0 unspecified atom stereocenters. The molecule has 9 nitrogen and oxygen atoms in total. The number of amides is 2. The Bertz CT molecular complexity index is 1140. The van der Waals surface area contributed by atoms with Gasteiger partial charge in [-0.25, -0.2) is 4.79 Å². The van der Waals surface area contributed by atoms with Gasteiger partial charge >= 0.3 is 5.97 Å². The summed E-state index contributed by atoms with van der Waals surface area (Å²) in [7, 11) is 0. The zero-order valence-corrected chi connectivity index (χ0v) is 17.7. The number of carboxylic acid groups (broad SMARTS) is 1. The van der Waals surface area contributed by atoms with Gasteiger partial charge in [-0.15, -0.1) is 0 Å². The number of β-lactam (4-membered cyclic amide) rings is 1. The molecule has 2 aromatic carbocycles. The summed E-state index contributed by atoms with van der Waals surface area (Å²) in [5.74, 6) is -2.39. The van der Waals surface area contributed by atoms with Crippen molar-refractivity contribution < 1.29 is 29.3 Å². The van der Waals surface area contributed by atoms with E-state index in [-0.39, 0.29) is 36.7 Å². The van der Waals surface area contributed by atoms with E-state index >= 15 is 0 Å². The lowest BCUT2D eigenvalue weighted by molar-refractivity contribution is -0.163. The third kappa shape index (κ3) is 3.44. The maximum Gasteiger partial charge on any atom is 0.352 e. The average molecular weight is 439 g/mol. The van der Waals surface area contributed by atoms with E-state index in [1.54, 1.807) is 19.1 Å². The van der Waals surface area contributed by atoms with Gasteiger partial charge in [-0.05, 0) is 24.6 Å². The van der Waals surface area contributed by atoms with E-state index in [1.807, 2.05) is 31.2 Å². The normalized spacial score (nSPS) is 23.0. The van der Waals surface area contributed by atoms with Crippen molar-refractivity contribution in [2.45, 2.75) is 26.0 Å². The third-order valence-corrected chi connectivity index (χ3v) is 6.24. The Kier molecular flexibility index (Phi) is 5.52. The van der Waals surface area contributed by atoms with Crippen LogP contribution in [-0.4, -0.2) is 58.2 Å². The van der Waals surface area contributed by atoms with Gasteiger partial charge in [0, 0.05) is 28.9 Å². The fraction of sp³-hybridized carbons (Fsp3) is 0.348. The molecule has 4 atom stereocenters. The number of hydrogen-bond donors (Lipinski definition) is 4. The van der Waals surface area contributed by atoms with Crippen molar-refractivity contribution in [2.75, 3.05) is 18.5 Å². The van der Waals surface area contributed by atoms with Gasteiger partial charge in [0.2, 0.25) is 5.91 Å². The molecule has 0 radical (unpaired) electrons. The van der Waals surface area contributed by atoms with Crippen molar-refractivity contribution in [3.63, 3.8) is 0 Å². The number of nitrogens with one attached hydrogen (secondary N) is 1. The molecule has 4 rings (SSSR count). The van der Waals surface area contributed by atoms with Crippen LogP contribution in [0, 0.1) is 11.8 Å². The number of anilines is 1. The van der Waals surface area contributed by atoms with E-state index < -0.39 is 23.9 Å². The van der Waals surface area contributed by atoms with E-state index in [9.17, 15) is 24.6 Å². The number of rotatable bonds is 8. The first kappa shape index (κ1) is 21.6. The molecule has 2 amide bonds. The summed E-state index contributed by atoms with van der Waals surface area (Å²) in [6.45, 7) is 3.42. The van der Waals surface area contributed by atoms with Crippen LogP contribution in [0.2, 0.25) is 0 Å². The Morgan fingerprint density at radius 2 is 1.91 bits per heavy atom. The fourth-order valence-electron chi connectivity index (χ4n) is 4.78. The van der Waals surface area contributed by atoms with Crippen molar-refractivity contribution in [2.24, 2.45) is 17.6 Å². The lowest BCUT2D eigenvalue weighted by atomic mass is 9.78. The van der Waals surface area contributed by atoms with Gasteiger partial charge in [-0.1, -0.05) is 31.2 Å². The fourth-order valence-corrected chi connectivity index (χ4v) is 4.78. The second kappa shape index (κ2) is 8.16. The van der Waals surface area contributed by atoms with Crippen molar-refractivity contribution in [1.82, 2.24) is 4.90 Å². The van der Waals surface area contributed by atoms with E-state index in [2.05, 4.69) is 5.32 Å². The Labute approximate surface area is 184 Å². The third-order valence-electron chi connectivity index (χ3n) is 6.24. The number of hydrogen-bond acceptors (Lipinski definition) is 6. The van der Waals surface area contributed by atoms with Crippen LogP contribution in [0.15, 0.2) is 47.7 Å². The highest BCUT2D eigenvalue weighted by Crippen LogP contribution is 2.47. The average Bonchev–Trinajstić information content (AvgIpc) is 2.98. The summed E-state index contributed by atoms with van der Waals surface area (Å²) in [5, 5.41) is 24.7. The molecular weight excluding hydrogens is 414 g/mol. The number of nitrogens with zero attached hydrogens (tertiary/aromatic N) is 1. The summed E-state index contributed by atoms with van der Waals surface area (Å²) in [6, 6.07) is 10.6. The van der Waals surface area contributed by atoms with E-state index in [4.69, 9.17) is 10.5 Å². The first-order chi connectivity index (χ1) is 15.2. The van der Waals surface area contributed by atoms with E-state index in [0.29, 0.717) is 11.3 Å². The molecule has 0 spiro atoms. The molecule has 2 aromatic rings. The van der Waals surface area contributed by atoms with Crippen molar-refractivity contribution in [3.05, 3.63) is 47.7 Å². The van der Waals surface area contributed by atoms with Crippen LogP contribution in [0.25, 0.3) is 10.8 Å². The van der Waals surface area contributed by atoms with Crippen LogP contribution >= 0.6 is 0 Å². The molecule has 0 aliphatic carbocycles. The Morgan fingerprint density at radius 1 is 1.22 bits per heavy atom. The van der Waals surface area contributed by atoms with Gasteiger partial charge in [0.25, 0.3) is 5.91 Å². The second-order valence-corrected chi connectivity index (χ2v) is 8.20. The van der Waals surface area contributed by atoms with Gasteiger partial charge < -0.3 is 30.9 Å². The first-order valence-electron chi connectivity index (χ1n) is 10.4. The van der Waals surface area contributed by atoms with Gasteiger partial charge in [-0.2, -0.15) is 0 Å². The molecule has 0 aromatic heterocycles. The van der Waals surface area contributed by atoms with E-state index in [0.717, 1.165) is 16.5 Å². The molecule has 2 aliphatic rings. The van der Waals surface area contributed by atoms with Gasteiger partial charge in [0.15, 0.2) is 6.61 Å². The highest BCUT2D eigenvalue weighted by atomic mass is 16.5. The van der Waals surface area contributed by atoms with Crippen LogP contribution in [-0.2, 0) is 14.4 Å². The molecular formula is C23H25N3O6. The summed E-state index contributed by atoms with van der Waals surface area (Å²) in [4.78, 5) is 36.8. The molecule has 32 heavy (non-hydrogen) atoms. The molecule has 1 fully saturated rings. The molecule has 0 bridgehead atoms. The van der Waals surface area contributed by atoms with E-state index in [1.165, 1.54) is 4.90 Å². The second-order valence-electron chi connectivity index (χ2n) is 8.20. The van der Waals surface area contributed by atoms with Crippen molar-refractivity contribution in [1.29, 1.82) is 0 Å². The summed E-state index contributed by atoms with van der Waals surface area (Å²) in [5.41, 5.74) is 6.53. The number of carboxylic acids is 1. The molecule has 0 saturated carbocycles. The van der Waals surface area contributed by atoms with Crippen LogP contribution in [0.3, 0.4) is 0 Å². The number of carbonyl (C=O) groups is 3. The maximum atomic E-state index is 12.5. The number of primary amides is 1. The SMILES string of the molecule is C[C@@H](O)[C@H]1C(=O)N2C(C(=O)O)=C(CNc3cccc4c(OCC(N)=O)cccc34)[C@H](C)[C@H]12. The number of aliphatic hydroxyl groups is 1. The molecule has 1 saturated heterocycles. The Hall–Kier alpha value is -3.59. The highest BCUT2D eigenvalue weighted by Gasteiger charge is 2.59. The predicted molar refractivity (Wildman–Crippen MR) is 117 cm³/mol. The van der Waals surface area contributed by atoms with Crippen LogP contribution in [0.5, 0.6) is 5.75 Å². The lowest BCUT2D eigenvalue weighted by Gasteiger charge is -2.46. The minimum atomic E-state index is -1.16. The molecule has 2 heterocycles. The van der Waals surface area contributed by atoms with Crippen LogP contribution < -0.4 is 15.8 Å². The summed E-state index contributed by atoms with van der Waals surface area (Å²) < 4.78 is 5.50. The van der Waals surface area contributed by atoms with Crippen molar-refractivity contribution in [3.8, 4) is 5.75 Å². The summed E-state index contributed by atoms with van der Waals surface area (Å²) in [6.07, 6.45) is -0.842. The predicted octanol–water partition coefficient (Wildman–Crippen LogP) is 1.31. The number of ether oxygens (including phenoxy) is 1. The van der Waals surface area contributed by atoms with Crippen LogP contribution in [0.1, 0.15) is 13.8 Å². The first-order valence-corrected chi connectivity index (χ1v) is 10.4. The number of aliphatic hydroxyl groups excluding tert-OH is 1. The number of fused-ring (bicyclic) bond motifs is 2. The number of carbonyl (C=O) groups excluding carboxylic acids is 2. The highest BCUT2D eigenvalue weighted by molar-refractivity contribution is 6.01. The number of aliphatic carboxylic acids is 1. The molecule has 168 valence electrons. The Morgan fingerprint density at radius 3 is 2.56 bits per heavy atom. The molecule has 9 heteroatoms. The zero-order valence-electron chi connectivity index (χ0n) is 17.7. The van der Waals surface area contributed by atoms with Crippen LogP contribution in [0.4, 0.5) is 5.69 Å². The number of nitrogens with two attached hydrogens (primary N) is 1.